The van der Waals surface area contributed by atoms with Crippen LogP contribution in [-0.4, -0.2) is 51.9 Å². The van der Waals surface area contributed by atoms with Crippen LogP contribution < -0.4 is 0 Å². The molecule has 1 amide bonds. The highest BCUT2D eigenvalue weighted by Gasteiger charge is 2.21. The third kappa shape index (κ3) is 4.50. The van der Waals surface area contributed by atoms with Crippen molar-refractivity contribution in [3.8, 4) is 0 Å². The number of rotatable bonds is 4. The van der Waals surface area contributed by atoms with Gasteiger partial charge in [-0.3, -0.25) is 9.69 Å². The van der Waals surface area contributed by atoms with Crippen molar-refractivity contribution in [1.29, 1.82) is 0 Å². The molecule has 5 nitrogen and oxygen atoms in total. The molecule has 0 bridgehead atoms. The Bertz CT molecular complexity index is 665. The van der Waals surface area contributed by atoms with Gasteiger partial charge in [-0.05, 0) is 18.6 Å². The van der Waals surface area contributed by atoms with Crippen molar-refractivity contribution in [3.63, 3.8) is 0 Å². The van der Waals surface area contributed by atoms with Crippen LogP contribution in [0.25, 0.3) is 0 Å². The summed E-state index contributed by atoms with van der Waals surface area (Å²) in [5.74, 6) is 0.170. The molecule has 2 aromatic heterocycles. The number of carbonyl (C=O) groups excluding carboxylic acids is 1. The van der Waals surface area contributed by atoms with Gasteiger partial charge in [-0.25, -0.2) is 9.97 Å². The number of aryl methyl sites for hydroxylation is 1. The first kappa shape index (κ1) is 16.4. The van der Waals surface area contributed by atoms with Gasteiger partial charge in [-0.15, -0.1) is 11.3 Å². The maximum Gasteiger partial charge on any atom is 0.228 e. The maximum absolute atomic E-state index is 12.3. The first-order valence-electron chi connectivity index (χ1n) is 7.62. The van der Waals surface area contributed by atoms with Crippen molar-refractivity contribution in [2.24, 2.45) is 0 Å². The Labute approximate surface area is 144 Å². The first-order chi connectivity index (χ1) is 11.1. The fourth-order valence-corrected chi connectivity index (χ4v) is 3.39. The van der Waals surface area contributed by atoms with E-state index in [0.29, 0.717) is 11.6 Å². The Morgan fingerprint density at radius 2 is 2.09 bits per heavy atom. The van der Waals surface area contributed by atoms with Crippen LogP contribution >= 0.6 is 22.9 Å². The molecule has 2 aromatic rings. The van der Waals surface area contributed by atoms with Crippen LogP contribution in [0.3, 0.4) is 0 Å². The number of nitrogens with zero attached hydrogens (tertiary/aromatic N) is 4. The van der Waals surface area contributed by atoms with Gasteiger partial charge in [-0.1, -0.05) is 17.7 Å². The molecule has 3 rings (SSSR count). The zero-order valence-electron chi connectivity index (χ0n) is 13.0. The average molecular weight is 351 g/mol. The second-order valence-corrected chi connectivity index (χ2v) is 7.13. The van der Waals surface area contributed by atoms with Crippen molar-refractivity contribution >= 4 is 28.8 Å². The highest BCUT2D eigenvalue weighted by Crippen LogP contribution is 2.13. The molecule has 0 aliphatic carbocycles. The summed E-state index contributed by atoms with van der Waals surface area (Å²) in [7, 11) is 0. The van der Waals surface area contributed by atoms with Gasteiger partial charge in [0, 0.05) is 44.3 Å². The van der Waals surface area contributed by atoms with Crippen molar-refractivity contribution in [2.75, 3.05) is 26.2 Å². The third-order valence-electron chi connectivity index (χ3n) is 3.92. The van der Waals surface area contributed by atoms with Gasteiger partial charge in [0.1, 0.15) is 5.15 Å². The number of hydrogen-bond donors (Lipinski definition) is 0. The molecular weight excluding hydrogens is 332 g/mol. The van der Waals surface area contributed by atoms with Gasteiger partial charge in [0.25, 0.3) is 0 Å². The number of carbonyl (C=O) groups is 1. The molecule has 7 heteroatoms. The van der Waals surface area contributed by atoms with E-state index in [2.05, 4.69) is 14.9 Å². The number of hydrogen-bond acceptors (Lipinski definition) is 5. The van der Waals surface area contributed by atoms with Crippen LogP contribution in [0.15, 0.2) is 23.7 Å². The Balaban J connectivity index is 1.48. The van der Waals surface area contributed by atoms with Gasteiger partial charge in [0.05, 0.1) is 17.1 Å². The van der Waals surface area contributed by atoms with Crippen LogP contribution in [0.4, 0.5) is 0 Å². The van der Waals surface area contributed by atoms with Gasteiger partial charge < -0.3 is 4.90 Å². The lowest BCUT2D eigenvalue weighted by Crippen LogP contribution is -2.48. The molecule has 122 valence electrons. The number of piperazine rings is 1. The largest absolute Gasteiger partial charge is 0.340 e. The summed E-state index contributed by atoms with van der Waals surface area (Å²) in [6.45, 7) is 6.10. The second kappa shape index (κ2) is 7.38. The average Bonchev–Trinajstić information content (AvgIpc) is 2.95. The SMILES string of the molecule is Cc1nc(CC(=O)N2CCN(Cc3ccc(Cl)nc3)CC2)cs1. The molecule has 23 heavy (non-hydrogen) atoms. The number of amides is 1. The lowest BCUT2D eigenvalue weighted by Gasteiger charge is -2.34. The Morgan fingerprint density at radius 1 is 1.30 bits per heavy atom. The molecule has 0 spiro atoms. The molecular formula is C16H19ClN4OS. The van der Waals surface area contributed by atoms with Crippen LogP contribution in [0.5, 0.6) is 0 Å². The van der Waals surface area contributed by atoms with E-state index in [1.165, 1.54) is 0 Å². The highest BCUT2D eigenvalue weighted by molar-refractivity contribution is 7.09. The normalized spacial score (nSPS) is 15.8. The summed E-state index contributed by atoms with van der Waals surface area (Å²) < 4.78 is 0. The summed E-state index contributed by atoms with van der Waals surface area (Å²) in [4.78, 5) is 25.1. The Morgan fingerprint density at radius 3 is 2.70 bits per heavy atom. The predicted molar refractivity (Wildman–Crippen MR) is 91.7 cm³/mol. The number of aromatic nitrogens is 2. The lowest BCUT2D eigenvalue weighted by molar-refractivity contribution is -0.132. The minimum atomic E-state index is 0.170. The van der Waals surface area contributed by atoms with Gasteiger partial charge >= 0.3 is 0 Å². The zero-order valence-corrected chi connectivity index (χ0v) is 14.6. The standard InChI is InChI=1S/C16H19ClN4OS/c1-12-19-14(11-23-12)8-16(22)21-6-4-20(5-7-21)10-13-2-3-15(17)18-9-13/h2-3,9,11H,4-8,10H2,1H3. The van der Waals surface area contributed by atoms with E-state index in [4.69, 9.17) is 11.6 Å². The summed E-state index contributed by atoms with van der Waals surface area (Å²) >= 11 is 7.39. The van der Waals surface area contributed by atoms with E-state index in [9.17, 15) is 4.79 Å². The van der Waals surface area contributed by atoms with Gasteiger partial charge in [0.2, 0.25) is 5.91 Å². The molecule has 1 aliphatic rings. The van der Waals surface area contributed by atoms with Crippen LogP contribution in [-0.2, 0) is 17.8 Å². The minimum absolute atomic E-state index is 0.170. The van der Waals surface area contributed by atoms with E-state index in [1.54, 1.807) is 11.3 Å². The first-order valence-corrected chi connectivity index (χ1v) is 8.87. The van der Waals surface area contributed by atoms with Gasteiger partial charge in [-0.2, -0.15) is 0 Å². The molecule has 0 unspecified atom stereocenters. The second-order valence-electron chi connectivity index (χ2n) is 5.68. The molecule has 1 aliphatic heterocycles. The number of halogens is 1. The lowest BCUT2D eigenvalue weighted by atomic mass is 10.2. The fourth-order valence-electron chi connectivity index (χ4n) is 2.67. The molecule has 0 aromatic carbocycles. The van der Waals surface area contributed by atoms with E-state index < -0.39 is 0 Å². The molecule has 1 fully saturated rings. The highest BCUT2D eigenvalue weighted by atomic mass is 35.5. The van der Waals surface area contributed by atoms with Crippen LogP contribution in [0.1, 0.15) is 16.3 Å². The molecule has 0 radical (unpaired) electrons. The molecule has 0 atom stereocenters. The third-order valence-corrected chi connectivity index (χ3v) is 4.96. The minimum Gasteiger partial charge on any atom is -0.340 e. The van der Waals surface area contributed by atoms with Crippen molar-refractivity contribution in [2.45, 2.75) is 19.9 Å². The molecule has 3 heterocycles. The topological polar surface area (TPSA) is 49.3 Å². The van der Waals surface area contributed by atoms with E-state index >= 15 is 0 Å². The monoisotopic (exact) mass is 350 g/mol. The maximum atomic E-state index is 12.3. The molecule has 1 saturated heterocycles. The Kier molecular flexibility index (Phi) is 5.25. The number of pyridine rings is 1. The zero-order chi connectivity index (χ0) is 16.2. The van der Waals surface area contributed by atoms with Crippen molar-refractivity contribution < 1.29 is 4.79 Å². The summed E-state index contributed by atoms with van der Waals surface area (Å²) in [6, 6.07) is 3.81. The molecule has 0 N–H and O–H groups in total. The van der Waals surface area contributed by atoms with E-state index in [-0.39, 0.29) is 5.91 Å². The molecule has 0 saturated carbocycles. The summed E-state index contributed by atoms with van der Waals surface area (Å²) in [5.41, 5.74) is 2.03. The summed E-state index contributed by atoms with van der Waals surface area (Å²) in [6.07, 6.45) is 2.22. The van der Waals surface area contributed by atoms with Crippen molar-refractivity contribution in [3.05, 3.63) is 45.1 Å². The van der Waals surface area contributed by atoms with Gasteiger partial charge in [0.15, 0.2) is 0 Å². The number of thiazole rings is 1. The van der Waals surface area contributed by atoms with Crippen molar-refractivity contribution in [1.82, 2.24) is 19.8 Å². The smallest absolute Gasteiger partial charge is 0.228 e. The van der Waals surface area contributed by atoms with E-state index in [0.717, 1.165) is 49.0 Å². The van der Waals surface area contributed by atoms with E-state index in [1.807, 2.05) is 35.5 Å². The fraction of sp³-hybridized carbons (Fsp3) is 0.438. The quantitative estimate of drug-likeness (QED) is 0.794. The summed E-state index contributed by atoms with van der Waals surface area (Å²) in [5, 5.41) is 3.49. The van der Waals surface area contributed by atoms with Crippen LogP contribution in [0, 0.1) is 6.92 Å². The van der Waals surface area contributed by atoms with Crippen LogP contribution in [0.2, 0.25) is 5.15 Å². The Hall–Kier alpha value is -1.50. The predicted octanol–water partition coefficient (Wildman–Crippen LogP) is 2.39.